The van der Waals surface area contributed by atoms with Gasteiger partial charge < -0.3 is 19.1 Å². The molecule has 1 unspecified atom stereocenters. The number of ether oxygens (including phenoxy) is 1. The topological polar surface area (TPSA) is 94.2 Å². The van der Waals surface area contributed by atoms with E-state index in [1.165, 1.54) is 12.1 Å². The standard InChI is InChI=1S/C25H27FN2O5/c1-4-32-28-16(2)22(25(29)30)14-18-8-10-21(11-9-18)31-13-12-23-17(3)33-24(27-23)19-6-5-7-20(26)15-19/h5-11,15,22H,4,12-14H2,1-3H3,(H,29,30). The molecular weight excluding hydrogens is 427 g/mol. The first-order valence-electron chi connectivity index (χ1n) is 10.7. The highest BCUT2D eigenvalue weighted by Crippen LogP contribution is 2.23. The predicted molar refractivity (Wildman–Crippen MR) is 122 cm³/mol. The molecule has 174 valence electrons. The molecule has 0 radical (unpaired) electrons. The largest absolute Gasteiger partial charge is 0.493 e. The summed E-state index contributed by atoms with van der Waals surface area (Å²) < 4.78 is 24.9. The van der Waals surface area contributed by atoms with E-state index in [1.54, 1.807) is 38.1 Å². The van der Waals surface area contributed by atoms with Crippen LogP contribution in [0, 0.1) is 18.7 Å². The molecule has 3 aromatic rings. The van der Waals surface area contributed by atoms with E-state index in [4.69, 9.17) is 14.0 Å². The number of aryl methyl sites for hydroxylation is 1. The molecule has 0 aliphatic carbocycles. The van der Waals surface area contributed by atoms with Crippen LogP contribution >= 0.6 is 0 Å². The highest BCUT2D eigenvalue weighted by Gasteiger charge is 2.22. The number of nitrogens with zero attached hydrogens (tertiary/aromatic N) is 2. The van der Waals surface area contributed by atoms with Crippen LogP contribution in [0.1, 0.15) is 30.9 Å². The third kappa shape index (κ3) is 6.65. The van der Waals surface area contributed by atoms with Crippen molar-refractivity contribution in [3.05, 3.63) is 71.4 Å². The van der Waals surface area contributed by atoms with Crippen LogP contribution in [0.2, 0.25) is 0 Å². The van der Waals surface area contributed by atoms with Crippen LogP contribution in [0.3, 0.4) is 0 Å². The molecule has 33 heavy (non-hydrogen) atoms. The van der Waals surface area contributed by atoms with E-state index in [-0.39, 0.29) is 5.82 Å². The van der Waals surface area contributed by atoms with Crippen molar-refractivity contribution in [1.82, 2.24) is 4.98 Å². The van der Waals surface area contributed by atoms with Crippen molar-refractivity contribution in [2.24, 2.45) is 11.1 Å². The summed E-state index contributed by atoms with van der Waals surface area (Å²) in [7, 11) is 0. The highest BCUT2D eigenvalue weighted by molar-refractivity contribution is 6.00. The van der Waals surface area contributed by atoms with Crippen molar-refractivity contribution in [1.29, 1.82) is 0 Å². The van der Waals surface area contributed by atoms with Crippen LogP contribution in [-0.4, -0.2) is 35.0 Å². The van der Waals surface area contributed by atoms with Crippen molar-refractivity contribution in [3.8, 4) is 17.2 Å². The molecule has 0 bridgehead atoms. The molecule has 1 aromatic heterocycles. The van der Waals surface area contributed by atoms with Crippen molar-refractivity contribution in [2.45, 2.75) is 33.6 Å². The normalized spacial score (nSPS) is 12.4. The molecule has 0 saturated heterocycles. The van der Waals surface area contributed by atoms with Gasteiger partial charge in [0.15, 0.2) is 0 Å². The summed E-state index contributed by atoms with van der Waals surface area (Å²) in [5.41, 5.74) is 2.61. The quantitative estimate of drug-likeness (QED) is 0.321. The monoisotopic (exact) mass is 454 g/mol. The molecule has 1 N–H and O–H groups in total. The molecule has 0 aliphatic rings. The summed E-state index contributed by atoms with van der Waals surface area (Å²) in [5, 5.41) is 13.4. The van der Waals surface area contributed by atoms with Crippen LogP contribution < -0.4 is 4.74 Å². The molecule has 8 heteroatoms. The lowest BCUT2D eigenvalue weighted by atomic mass is 9.95. The summed E-state index contributed by atoms with van der Waals surface area (Å²) in [4.78, 5) is 21.0. The van der Waals surface area contributed by atoms with E-state index in [2.05, 4.69) is 10.1 Å². The van der Waals surface area contributed by atoms with Gasteiger partial charge in [-0.1, -0.05) is 23.4 Å². The van der Waals surface area contributed by atoms with Crippen LogP contribution in [0.4, 0.5) is 4.39 Å². The first-order chi connectivity index (χ1) is 15.9. The average molecular weight is 454 g/mol. The number of halogens is 1. The van der Waals surface area contributed by atoms with E-state index in [0.29, 0.717) is 54.7 Å². The predicted octanol–water partition coefficient (Wildman–Crippen LogP) is 5.07. The molecule has 2 aromatic carbocycles. The minimum Gasteiger partial charge on any atom is -0.493 e. The fourth-order valence-electron chi connectivity index (χ4n) is 3.27. The molecule has 0 aliphatic heterocycles. The first kappa shape index (κ1) is 24.0. The first-order valence-corrected chi connectivity index (χ1v) is 10.7. The zero-order chi connectivity index (χ0) is 23.8. The Morgan fingerprint density at radius 1 is 1.24 bits per heavy atom. The summed E-state index contributed by atoms with van der Waals surface area (Å²) >= 11 is 0. The maximum absolute atomic E-state index is 13.4. The second-order valence-corrected chi connectivity index (χ2v) is 7.52. The number of rotatable bonds is 11. The van der Waals surface area contributed by atoms with Gasteiger partial charge in [0.2, 0.25) is 5.89 Å². The third-order valence-corrected chi connectivity index (χ3v) is 5.08. The number of hydrogen-bond acceptors (Lipinski definition) is 6. The number of carboxylic acids is 1. The number of carbonyl (C=O) groups is 1. The number of aliphatic carboxylic acids is 1. The molecule has 0 spiro atoms. The van der Waals surface area contributed by atoms with Crippen LogP contribution in [0.25, 0.3) is 11.5 Å². The zero-order valence-electron chi connectivity index (χ0n) is 18.9. The van der Waals surface area contributed by atoms with Gasteiger partial charge >= 0.3 is 5.97 Å². The van der Waals surface area contributed by atoms with Gasteiger partial charge in [0, 0.05) is 12.0 Å². The zero-order valence-corrected chi connectivity index (χ0v) is 18.9. The van der Waals surface area contributed by atoms with E-state index in [0.717, 1.165) is 11.3 Å². The van der Waals surface area contributed by atoms with Crippen LogP contribution in [-0.2, 0) is 22.5 Å². The molecule has 0 amide bonds. The molecular formula is C25H27FN2O5. The maximum atomic E-state index is 13.4. The van der Waals surface area contributed by atoms with E-state index >= 15 is 0 Å². The molecule has 1 heterocycles. The lowest BCUT2D eigenvalue weighted by Crippen LogP contribution is -2.24. The Kier molecular flexibility index (Phi) is 8.18. The Balaban J connectivity index is 1.56. The lowest BCUT2D eigenvalue weighted by molar-refractivity contribution is -0.139. The summed E-state index contributed by atoms with van der Waals surface area (Å²) in [6.07, 6.45) is 0.833. The van der Waals surface area contributed by atoms with Gasteiger partial charge in [-0.15, -0.1) is 0 Å². The SMILES string of the molecule is CCON=C(C)C(Cc1ccc(OCCc2nc(-c3cccc(F)c3)oc2C)cc1)C(=O)O. The van der Waals surface area contributed by atoms with Gasteiger partial charge in [0.25, 0.3) is 0 Å². The van der Waals surface area contributed by atoms with Gasteiger partial charge in [-0.2, -0.15) is 0 Å². The second-order valence-electron chi connectivity index (χ2n) is 7.52. The number of oxazole rings is 1. The Morgan fingerprint density at radius 2 is 2.00 bits per heavy atom. The van der Waals surface area contributed by atoms with Gasteiger partial charge in [-0.25, -0.2) is 9.37 Å². The smallest absolute Gasteiger partial charge is 0.312 e. The fraction of sp³-hybridized carbons (Fsp3) is 0.320. The molecule has 3 rings (SSSR count). The minimum absolute atomic E-state index is 0.305. The Labute approximate surface area is 191 Å². The number of aromatic nitrogens is 1. The van der Waals surface area contributed by atoms with E-state index < -0.39 is 11.9 Å². The van der Waals surface area contributed by atoms with E-state index in [1.807, 2.05) is 19.1 Å². The van der Waals surface area contributed by atoms with Crippen molar-refractivity contribution >= 4 is 11.7 Å². The Morgan fingerprint density at radius 3 is 2.67 bits per heavy atom. The van der Waals surface area contributed by atoms with Crippen LogP contribution in [0.5, 0.6) is 5.75 Å². The van der Waals surface area contributed by atoms with Gasteiger partial charge in [-0.05, 0) is 63.1 Å². The Bertz CT molecular complexity index is 1110. The summed E-state index contributed by atoms with van der Waals surface area (Å²) in [6, 6.07) is 13.4. The molecule has 1 atom stereocenters. The number of oxime groups is 1. The number of carboxylic acid groups (broad SMARTS) is 1. The maximum Gasteiger partial charge on any atom is 0.312 e. The lowest BCUT2D eigenvalue weighted by Gasteiger charge is -2.12. The summed E-state index contributed by atoms with van der Waals surface area (Å²) in [5.74, 6) is -0.345. The molecule has 7 nitrogen and oxygen atoms in total. The number of hydrogen-bond donors (Lipinski definition) is 1. The van der Waals surface area contributed by atoms with Crippen LogP contribution in [0.15, 0.2) is 58.1 Å². The van der Waals surface area contributed by atoms with Gasteiger partial charge in [-0.3, -0.25) is 4.79 Å². The van der Waals surface area contributed by atoms with Gasteiger partial charge in [0.05, 0.1) is 18.0 Å². The fourth-order valence-corrected chi connectivity index (χ4v) is 3.27. The van der Waals surface area contributed by atoms with E-state index in [9.17, 15) is 14.3 Å². The van der Waals surface area contributed by atoms with Crippen molar-refractivity contribution < 1.29 is 28.3 Å². The Hall–Kier alpha value is -3.68. The summed E-state index contributed by atoms with van der Waals surface area (Å²) in [6.45, 7) is 6.02. The minimum atomic E-state index is -0.947. The third-order valence-electron chi connectivity index (χ3n) is 5.08. The number of benzene rings is 2. The van der Waals surface area contributed by atoms with Crippen molar-refractivity contribution in [3.63, 3.8) is 0 Å². The average Bonchev–Trinajstić information content (AvgIpc) is 3.17. The molecule has 0 fully saturated rings. The second kappa shape index (κ2) is 11.3. The van der Waals surface area contributed by atoms with Crippen molar-refractivity contribution in [2.75, 3.05) is 13.2 Å². The highest BCUT2D eigenvalue weighted by atomic mass is 19.1. The van der Waals surface area contributed by atoms with Gasteiger partial charge in [0.1, 0.15) is 29.9 Å². The molecule has 0 saturated carbocycles.